The zero-order valence-electron chi connectivity index (χ0n) is 9.88. The summed E-state index contributed by atoms with van der Waals surface area (Å²) in [7, 11) is 0. The molecule has 1 aromatic carbocycles. The van der Waals surface area contributed by atoms with Gasteiger partial charge in [-0.15, -0.1) is 0 Å². The highest BCUT2D eigenvalue weighted by atomic mass is 127. The van der Waals surface area contributed by atoms with Gasteiger partial charge in [0.15, 0.2) is 0 Å². The van der Waals surface area contributed by atoms with Crippen LogP contribution in [0.4, 0.5) is 0 Å². The third-order valence-corrected chi connectivity index (χ3v) is 5.22. The molecule has 0 bridgehead atoms. The molecular formula is C12H14IN3OS. The summed E-state index contributed by atoms with van der Waals surface area (Å²) in [6.45, 7) is 4.93. The van der Waals surface area contributed by atoms with E-state index in [4.69, 9.17) is 0 Å². The molecule has 0 N–H and O–H groups in total. The fraction of sp³-hybridized carbons (Fsp3) is 0.417. The molecule has 96 valence electrons. The van der Waals surface area contributed by atoms with Crippen LogP contribution in [0, 0.1) is 0 Å². The molecule has 0 aliphatic carbocycles. The quantitative estimate of drug-likeness (QED) is 0.594. The smallest absolute Gasteiger partial charge is 0.269 e. The van der Waals surface area contributed by atoms with Crippen LogP contribution in [-0.2, 0) is 6.67 Å². The molecule has 0 saturated carbocycles. The van der Waals surface area contributed by atoms with Crippen LogP contribution in [0.3, 0.4) is 0 Å². The zero-order valence-corrected chi connectivity index (χ0v) is 12.9. The van der Waals surface area contributed by atoms with Crippen molar-refractivity contribution in [1.82, 2.24) is 12.0 Å². The van der Waals surface area contributed by atoms with Crippen LogP contribution in [0.15, 0.2) is 29.1 Å². The van der Waals surface area contributed by atoms with Gasteiger partial charge in [0.2, 0.25) is 0 Å². The highest BCUT2D eigenvalue weighted by Crippen LogP contribution is 2.16. The van der Waals surface area contributed by atoms with E-state index >= 15 is 0 Å². The molecule has 1 saturated heterocycles. The first-order valence-electron chi connectivity index (χ1n) is 5.96. The number of hydrogen-bond acceptors (Lipinski definition) is 4. The molecule has 3 rings (SSSR count). The topological polar surface area (TPSA) is 28.5 Å². The molecule has 1 aliphatic rings. The maximum atomic E-state index is 12.2. The highest BCUT2D eigenvalue weighted by molar-refractivity contribution is 14.1. The number of fused-ring (bicyclic) bond motifs is 1. The molecule has 1 fully saturated rings. The van der Waals surface area contributed by atoms with Crippen molar-refractivity contribution in [2.24, 2.45) is 0 Å². The van der Waals surface area contributed by atoms with Crippen LogP contribution in [0.1, 0.15) is 0 Å². The lowest BCUT2D eigenvalue weighted by atomic mass is 10.3. The van der Waals surface area contributed by atoms with Gasteiger partial charge in [0.25, 0.3) is 5.56 Å². The summed E-state index contributed by atoms with van der Waals surface area (Å²) in [5, 5.41) is 0.843. The van der Waals surface area contributed by atoms with Crippen LogP contribution in [0.2, 0.25) is 0 Å². The molecule has 0 atom stereocenters. The Hall–Kier alpha value is -0.440. The summed E-state index contributed by atoms with van der Waals surface area (Å²) in [6, 6.07) is 7.83. The van der Waals surface area contributed by atoms with Gasteiger partial charge in [0.1, 0.15) is 0 Å². The minimum Gasteiger partial charge on any atom is -0.282 e. The van der Waals surface area contributed by atoms with Gasteiger partial charge in [-0.1, -0.05) is 23.7 Å². The summed E-state index contributed by atoms with van der Waals surface area (Å²) in [5.41, 5.74) is 0.146. The third kappa shape index (κ3) is 2.47. The molecule has 1 aromatic heterocycles. The predicted octanol–water partition coefficient (Wildman–Crippen LogP) is 1.99. The first kappa shape index (κ1) is 12.6. The lowest BCUT2D eigenvalue weighted by Gasteiger charge is -2.30. The van der Waals surface area contributed by atoms with E-state index in [1.54, 1.807) is 11.5 Å². The molecule has 0 amide bonds. The third-order valence-electron chi connectivity index (χ3n) is 3.20. The molecule has 0 radical (unpaired) electrons. The fourth-order valence-corrected chi connectivity index (χ4v) is 3.62. The van der Waals surface area contributed by atoms with Gasteiger partial charge in [-0.3, -0.25) is 9.69 Å². The Morgan fingerprint density at radius 3 is 2.61 bits per heavy atom. The van der Waals surface area contributed by atoms with Crippen molar-refractivity contribution in [3.63, 3.8) is 0 Å². The zero-order chi connectivity index (χ0) is 12.5. The van der Waals surface area contributed by atoms with Gasteiger partial charge in [-0.25, -0.2) is 7.07 Å². The molecule has 2 heterocycles. The van der Waals surface area contributed by atoms with E-state index < -0.39 is 0 Å². The Balaban J connectivity index is 1.82. The van der Waals surface area contributed by atoms with Crippen molar-refractivity contribution in [1.29, 1.82) is 0 Å². The second kappa shape index (κ2) is 5.28. The van der Waals surface area contributed by atoms with Crippen LogP contribution < -0.4 is 5.56 Å². The first-order valence-corrected chi connectivity index (χ1v) is 7.70. The van der Waals surface area contributed by atoms with Crippen molar-refractivity contribution < 1.29 is 0 Å². The van der Waals surface area contributed by atoms with Gasteiger partial charge in [-0.05, 0) is 12.1 Å². The SMILES string of the molecule is O=c1c2ccccc2sn1CN1CCN(I)CC1. The van der Waals surface area contributed by atoms with Crippen molar-refractivity contribution in [2.75, 3.05) is 26.2 Å². The van der Waals surface area contributed by atoms with Crippen molar-refractivity contribution in [3.05, 3.63) is 34.6 Å². The highest BCUT2D eigenvalue weighted by Gasteiger charge is 2.16. The predicted molar refractivity (Wildman–Crippen MR) is 83.3 cm³/mol. The first-order chi connectivity index (χ1) is 8.74. The molecule has 4 nitrogen and oxygen atoms in total. The van der Waals surface area contributed by atoms with E-state index in [0.29, 0.717) is 0 Å². The van der Waals surface area contributed by atoms with E-state index in [2.05, 4.69) is 30.9 Å². The van der Waals surface area contributed by atoms with Crippen LogP contribution in [0.25, 0.3) is 10.1 Å². The Labute approximate surface area is 123 Å². The minimum atomic E-state index is 0.146. The summed E-state index contributed by atoms with van der Waals surface area (Å²) >= 11 is 3.92. The van der Waals surface area contributed by atoms with E-state index in [0.717, 1.165) is 42.9 Å². The Kier molecular flexibility index (Phi) is 3.69. The molecule has 1 aliphatic heterocycles. The standard InChI is InChI=1S/C12H14IN3OS/c13-15-7-5-14(6-8-15)9-16-12(17)10-3-1-2-4-11(10)18-16/h1-4H,5-9H2. The van der Waals surface area contributed by atoms with E-state index in [-0.39, 0.29) is 5.56 Å². The van der Waals surface area contributed by atoms with Gasteiger partial charge < -0.3 is 0 Å². The average molecular weight is 375 g/mol. The number of benzene rings is 1. The normalized spacial score (nSPS) is 18.5. The Bertz CT molecular complexity index is 601. The molecule has 0 spiro atoms. The summed E-state index contributed by atoms with van der Waals surface area (Å²) < 4.78 is 5.24. The average Bonchev–Trinajstić information content (AvgIpc) is 2.70. The lowest BCUT2D eigenvalue weighted by molar-refractivity contribution is 0.170. The van der Waals surface area contributed by atoms with Crippen molar-refractivity contribution >= 4 is 44.5 Å². The molecule has 2 aromatic rings. The summed E-state index contributed by atoms with van der Waals surface area (Å²) in [4.78, 5) is 14.5. The van der Waals surface area contributed by atoms with Gasteiger partial charge >= 0.3 is 0 Å². The van der Waals surface area contributed by atoms with Crippen LogP contribution in [-0.4, -0.2) is 38.1 Å². The van der Waals surface area contributed by atoms with E-state index in [9.17, 15) is 4.79 Å². The van der Waals surface area contributed by atoms with Crippen LogP contribution in [0.5, 0.6) is 0 Å². The van der Waals surface area contributed by atoms with Crippen LogP contribution >= 0.6 is 34.4 Å². The van der Waals surface area contributed by atoms with E-state index in [1.165, 1.54) is 0 Å². The number of aromatic nitrogens is 1. The van der Waals surface area contributed by atoms with Gasteiger partial charge in [-0.2, -0.15) is 0 Å². The number of nitrogens with zero attached hydrogens (tertiary/aromatic N) is 3. The maximum Gasteiger partial charge on any atom is 0.269 e. The number of halogens is 1. The number of hydrogen-bond donors (Lipinski definition) is 0. The van der Waals surface area contributed by atoms with Crippen molar-refractivity contribution in [3.8, 4) is 0 Å². The molecule has 0 unspecified atom stereocenters. The minimum absolute atomic E-state index is 0.146. The summed E-state index contributed by atoms with van der Waals surface area (Å²) in [5.74, 6) is 0. The number of rotatable bonds is 2. The monoisotopic (exact) mass is 375 g/mol. The summed E-state index contributed by atoms with van der Waals surface area (Å²) in [6.07, 6.45) is 0. The number of piperazine rings is 1. The largest absolute Gasteiger partial charge is 0.282 e. The Morgan fingerprint density at radius 2 is 1.89 bits per heavy atom. The Morgan fingerprint density at radius 1 is 1.17 bits per heavy atom. The maximum absolute atomic E-state index is 12.2. The second-order valence-corrected chi connectivity index (χ2v) is 6.87. The van der Waals surface area contributed by atoms with Crippen molar-refractivity contribution in [2.45, 2.75) is 6.67 Å². The fourth-order valence-electron chi connectivity index (χ4n) is 2.16. The van der Waals surface area contributed by atoms with Gasteiger partial charge in [0.05, 0.1) is 16.8 Å². The van der Waals surface area contributed by atoms with Gasteiger partial charge in [0, 0.05) is 49.0 Å². The van der Waals surface area contributed by atoms with E-state index in [1.807, 2.05) is 28.2 Å². The molecule has 6 heteroatoms. The molecule has 18 heavy (non-hydrogen) atoms. The molecular weight excluding hydrogens is 361 g/mol. The second-order valence-electron chi connectivity index (χ2n) is 4.44. The lowest BCUT2D eigenvalue weighted by Crippen LogP contribution is -2.43.